The Hall–Kier alpha value is -2.89. The Kier molecular flexibility index (Phi) is 6.09. The molecule has 5 rings (SSSR count). The van der Waals surface area contributed by atoms with E-state index in [4.69, 9.17) is 16.3 Å². The summed E-state index contributed by atoms with van der Waals surface area (Å²) in [5.74, 6) is 0.693. The Morgan fingerprint density at radius 3 is 2.64 bits per heavy atom. The van der Waals surface area contributed by atoms with E-state index in [0.29, 0.717) is 23.2 Å². The van der Waals surface area contributed by atoms with Gasteiger partial charge in [-0.25, -0.2) is 0 Å². The molecule has 168 valence electrons. The number of carbonyl (C=O) groups excluding carboxylic acids is 1. The van der Waals surface area contributed by atoms with Crippen LogP contribution >= 0.6 is 23.1 Å². The minimum absolute atomic E-state index is 0.0548. The quantitative estimate of drug-likeness (QED) is 0.274. The van der Waals surface area contributed by atoms with Gasteiger partial charge in [0.15, 0.2) is 5.78 Å². The molecular weight excluding hydrogens is 454 g/mol. The first kappa shape index (κ1) is 21.9. The summed E-state index contributed by atoms with van der Waals surface area (Å²) in [4.78, 5) is 24.6. The van der Waals surface area contributed by atoms with Crippen LogP contribution in [0.5, 0.6) is 5.75 Å². The molecule has 1 aliphatic rings. The second kappa shape index (κ2) is 9.16. The number of hydrogen-bond acceptors (Lipinski definition) is 4. The zero-order valence-corrected chi connectivity index (χ0v) is 19.9. The van der Waals surface area contributed by atoms with E-state index in [1.807, 2.05) is 52.5 Å². The van der Waals surface area contributed by atoms with Gasteiger partial charge in [-0.15, -0.1) is 0 Å². The number of hydrogen-bond donors (Lipinski definition) is 0. The molecule has 6 heteroatoms. The van der Waals surface area contributed by atoms with E-state index in [9.17, 15) is 9.59 Å². The number of nitrogens with zero attached hydrogens (tertiary/aromatic N) is 1. The van der Waals surface area contributed by atoms with Gasteiger partial charge in [-0.05, 0) is 72.9 Å². The second-order valence-electron chi connectivity index (χ2n) is 8.56. The summed E-state index contributed by atoms with van der Waals surface area (Å²) in [5.41, 5.74) is 3.59. The Morgan fingerprint density at radius 2 is 1.85 bits per heavy atom. The summed E-state index contributed by atoms with van der Waals surface area (Å²) in [7, 11) is 0. The normalized spacial score (nSPS) is 14.1. The van der Waals surface area contributed by atoms with Gasteiger partial charge in [-0.1, -0.05) is 60.2 Å². The summed E-state index contributed by atoms with van der Waals surface area (Å²) < 4.78 is 8.99. The summed E-state index contributed by atoms with van der Waals surface area (Å²) in [5, 5.41) is 1.23. The van der Waals surface area contributed by atoms with Crippen molar-refractivity contribution < 1.29 is 9.53 Å². The first-order valence-corrected chi connectivity index (χ1v) is 12.3. The molecule has 3 aromatic carbocycles. The maximum atomic E-state index is 12.8. The average Bonchev–Trinajstić information content (AvgIpc) is 3.46. The first-order valence-electron chi connectivity index (χ1n) is 11.2. The molecule has 1 aromatic heterocycles. The number of aromatic nitrogens is 1. The number of carbonyl (C=O) groups is 1. The van der Waals surface area contributed by atoms with Crippen LogP contribution in [-0.4, -0.2) is 9.74 Å². The van der Waals surface area contributed by atoms with Gasteiger partial charge in [-0.2, -0.15) is 0 Å². The van der Waals surface area contributed by atoms with E-state index in [1.54, 1.807) is 17.6 Å². The van der Waals surface area contributed by atoms with Crippen molar-refractivity contribution in [3.05, 3.63) is 87.2 Å². The van der Waals surface area contributed by atoms with E-state index in [-0.39, 0.29) is 11.3 Å². The molecular formula is C27H24ClNO3S. The zero-order chi connectivity index (χ0) is 22.9. The first-order chi connectivity index (χ1) is 16.0. The number of ether oxygens (including phenoxy) is 1. The minimum atomic E-state index is -0.0548. The van der Waals surface area contributed by atoms with Crippen molar-refractivity contribution in [2.75, 3.05) is 0 Å². The van der Waals surface area contributed by atoms with Crippen molar-refractivity contribution >= 4 is 39.0 Å². The van der Waals surface area contributed by atoms with Gasteiger partial charge in [0.1, 0.15) is 12.4 Å². The second-order valence-corrected chi connectivity index (χ2v) is 9.98. The molecule has 0 spiro atoms. The molecule has 0 atom stereocenters. The third-order valence-corrected chi connectivity index (χ3v) is 7.77. The molecule has 0 aliphatic heterocycles. The van der Waals surface area contributed by atoms with Crippen LogP contribution in [0.1, 0.15) is 54.6 Å². The summed E-state index contributed by atoms with van der Waals surface area (Å²) in [6, 6.07) is 19.6. The summed E-state index contributed by atoms with van der Waals surface area (Å²) >= 11 is 7.70. The Morgan fingerprint density at radius 1 is 1.06 bits per heavy atom. The van der Waals surface area contributed by atoms with Gasteiger partial charge < -0.3 is 4.74 Å². The molecule has 4 nitrogen and oxygen atoms in total. The maximum Gasteiger partial charge on any atom is 0.268 e. The number of fused-ring (bicyclic) bond motifs is 1. The predicted molar refractivity (Wildman–Crippen MR) is 135 cm³/mol. The van der Waals surface area contributed by atoms with E-state index < -0.39 is 0 Å². The fourth-order valence-electron chi connectivity index (χ4n) is 4.47. The highest BCUT2D eigenvalue weighted by Gasteiger charge is 2.21. The monoisotopic (exact) mass is 477 g/mol. The number of Topliss-reactive ketones (excluding diaryl/α,β-unsaturated/α-hetero) is 1. The van der Waals surface area contributed by atoms with Gasteiger partial charge in [0.25, 0.3) is 5.56 Å². The third kappa shape index (κ3) is 4.48. The van der Waals surface area contributed by atoms with Crippen LogP contribution in [0.4, 0.5) is 0 Å². The summed E-state index contributed by atoms with van der Waals surface area (Å²) in [6.45, 7) is 1.93. The lowest BCUT2D eigenvalue weighted by Crippen LogP contribution is -2.16. The van der Waals surface area contributed by atoms with E-state index in [2.05, 4.69) is 6.07 Å². The lowest BCUT2D eigenvalue weighted by atomic mass is 10.00. The highest BCUT2D eigenvalue weighted by molar-refractivity contribution is 7.13. The number of benzene rings is 3. The van der Waals surface area contributed by atoms with Crippen molar-refractivity contribution in [2.24, 2.45) is 0 Å². The van der Waals surface area contributed by atoms with Crippen molar-refractivity contribution in [1.29, 1.82) is 0 Å². The minimum Gasteiger partial charge on any atom is -0.489 e. The van der Waals surface area contributed by atoms with Gasteiger partial charge >= 0.3 is 0 Å². The molecule has 1 aliphatic carbocycles. The zero-order valence-electron chi connectivity index (χ0n) is 18.3. The highest BCUT2D eigenvalue weighted by atomic mass is 35.5. The molecule has 1 heterocycles. The van der Waals surface area contributed by atoms with Crippen molar-refractivity contribution in [3.63, 3.8) is 0 Å². The van der Waals surface area contributed by atoms with Crippen LogP contribution in [0.3, 0.4) is 0 Å². The van der Waals surface area contributed by atoms with E-state index in [0.717, 1.165) is 45.4 Å². The van der Waals surface area contributed by atoms with Crippen LogP contribution in [0.2, 0.25) is 5.02 Å². The topological polar surface area (TPSA) is 48.3 Å². The smallest absolute Gasteiger partial charge is 0.268 e. The van der Waals surface area contributed by atoms with Gasteiger partial charge in [0.2, 0.25) is 0 Å². The molecule has 4 aromatic rings. The number of rotatable bonds is 6. The molecule has 0 unspecified atom stereocenters. The van der Waals surface area contributed by atoms with Crippen molar-refractivity contribution in [2.45, 2.75) is 45.3 Å². The lowest BCUT2D eigenvalue weighted by molar-refractivity contribution is 0.101. The molecule has 1 saturated carbocycles. The molecule has 0 amide bonds. The summed E-state index contributed by atoms with van der Waals surface area (Å²) in [6.07, 6.45) is 4.58. The fraction of sp³-hybridized carbons (Fsp3) is 0.259. The lowest BCUT2D eigenvalue weighted by Gasteiger charge is -2.09. The third-order valence-electron chi connectivity index (χ3n) is 6.25. The van der Waals surface area contributed by atoms with Crippen LogP contribution < -0.4 is 10.3 Å². The van der Waals surface area contributed by atoms with Crippen LogP contribution in [0, 0.1) is 0 Å². The van der Waals surface area contributed by atoms with Gasteiger partial charge in [0, 0.05) is 11.6 Å². The molecule has 0 N–H and O–H groups in total. The highest BCUT2D eigenvalue weighted by Crippen LogP contribution is 2.33. The van der Waals surface area contributed by atoms with E-state index >= 15 is 0 Å². The van der Waals surface area contributed by atoms with Crippen molar-refractivity contribution in [3.8, 4) is 16.9 Å². The SMILES string of the molecule is CC(=O)c1cc(-c2cccc(COc3ccc4c(=O)n(C5CCCC5)sc4c3)c2)ccc1Cl. The Bertz CT molecular complexity index is 1400. The molecule has 0 radical (unpaired) electrons. The van der Waals surface area contributed by atoms with E-state index in [1.165, 1.54) is 19.8 Å². The molecule has 1 fully saturated rings. The Labute approximate surface area is 201 Å². The van der Waals surface area contributed by atoms with Crippen LogP contribution in [0.25, 0.3) is 21.2 Å². The van der Waals surface area contributed by atoms with Gasteiger partial charge in [0.05, 0.1) is 15.1 Å². The molecule has 0 saturated heterocycles. The molecule has 33 heavy (non-hydrogen) atoms. The number of halogens is 1. The van der Waals surface area contributed by atoms with Crippen LogP contribution in [-0.2, 0) is 6.61 Å². The molecule has 0 bridgehead atoms. The number of ketones is 1. The van der Waals surface area contributed by atoms with Crippen molar-refractivity contribution in [1.82, 2.24) is 3.96 Å². The van der Waals surface area contributed by atoms with Gasteiger partial charge in [-0.3, -0.25) is 13.5 Å². The fourth-order valence-corrected chi connectivity index (χ4v) is 5.90. The Balaban J connectivity index is 1.35. The standard InChI is InChI=1S/C27H24ClNO3S/c1-17(30)24-14-20(9-12-25(24)28)19-6-4-5-18(13-19)16-32-22-10-11-23-26(15-22)33-29(27(23)31)21-7-2-3-8-21/h4-6,9-15,21H,2-3,7-8,16H2,1H3. The van der Waals surface area contributed by atoms with Crippen LogP contribution in [0.15, 0.2) is 65.5 Å². The predicted octanol–water partition coefficient (Wildman–Crippen LogP) is 7.28. The average molecular weight is 478 g/mol. The maximum absolute atomic E-state index is 12.8. The largest absolute Gasteiger partial charge is 0.489 e.